The van der Waals surface area contributed by atoms with E-state index in [0.29, 0.717) is 11.7 Å². The molecule has 0 saturated heterocycles. The van der Waals surface area contributed by atoms with Gasteiger partial charge in [0, 0.05) is 18.5 Å². The fourth-order valence-electron chi connectivity index (χ4n) is 2.17. The maximum absolute atomic E-state index is 13.0. The van der Waals surface area contributed by atoms with Gasteiger partial charge in [-0.25, -0.2) is 9.37 Å². The van der Waals surface area contributed by atoms with Gasteiger partial charge in [0.2, 0.25) is 0 Å². The molecule has 102 valence electrons. The molecule has 1 aromatic carbocycles. The zero-order valence-electron chi connectivity index (χ0n) is 11.7. The summed E-state index contributed by atoms with van der Waals surface area (Å²) >= 11 is 0. The Kier molecular flexibility index (Phi) is 3.88. The lowest BCUT2D eigenvalue weighted by Gasteiger charge is -2.11. The second-order valence-corrected chi connectivity index (χ2v) is 5.13. The SMILES string of the molecule is CCc1nc(-c2ccc(F)cc2)c(N)n1CC(C)C. The van der Waals surface area contributed by atoms with Crippen LogP contribution in [-0.4, -0.2) is 9.55 Å². The van der Waals surface area contributed by atoms with Crippen molar-refractivity contribution >= 4 is 5.82 Å². The van der Waals surface area contributed by atoms with Crippen molar-refractivity contribution in [3.8, 4) is 11.3 Å². The topological polar surface area (TPSA) is 43.8 Å². The molecular formula is C15H20FN3. The first kappa shape index (κ1) is 13.6. The molecule has 1 heterocycles. The Morgan fingerprint density at radius 2 is 1.89 bits per heavy atom. The maximum Gasteiger partial charge on any atom is 0.131 e. The first-order valence-electron chi connectivity index (χ1n) is 6.63. The van der Waals surface area contributed by atoms with Crippen LogP contribution in [0.25, 0.3) is 11.3 Å². The normalized spacial score (nSPS) is 11.2. The van der Waals surface area contributed by atoms with Crippen LogP contribution in [0.4, 0.5) is 10.2 Å². The van der Waals surface area contributed by atoms with E-state index < -0.39 is 0 Å². The van der Waals surface area contributed by atoms with E-state index in [1.165, 1.54) is 12.1 Å². The van der Waals surface area contributed by atoms with Crippen LogP contribution in [0.15, 0.2) is 24.3 Å². The molecule has 4 heteroatoms. The Labute approximate surface area is 113 Å². The van der Waals surface area contributed by atoms with Crippen molar-refractivity contribution in [2.75, 3.05) is 5.73 Å². The van der Waals surface area contributed by atoms with E-state index in [9.17, 15) is 4.39 Å². The Morgan fingerprint density at radius 3 is 2.42 bits per heavy atom. The first-order valence-corrected chi connectivity index (χ1v) is 6.63. The van der Waals surface area contributed by atoms with Gasteiger partial charge in [0.05, 0.1) is 0 Å². The highest BCUT2D eigenvalue weighted by atomic mass is 19.1. The molecule has 0 atom stereocenters. The second-order valence-electron chi connectivity index (χ2n) is 5.13. The van der Waals surface area contributed by atoms with E-state index in [-0.39, 0.29) is 5.82 Å². The van der Waals surface area contributed by atoms with Gasteiger partial charge < -0.3 is 10.3 Å². The lowest BCUT2D eigenvalue weighted by Crippen LogP contribution is -2.10. The zero-order chi connectivity index (χ0) is 14.0. The molecule has 3 nitrogen and oxygen atoms in total. The Balaban J connectivity index is 2.47. The minimum Gasteiger partial charge on any atom is -0.383 e. The largest absolute Gasteiger partial charge is 0.383 e. The predicted octanol–water partition coefficient (Wildman–Crippen LogP) is 3.49. The molecule has 19 heavy (non-hydrogen) atoms. The highest BCUT2D eigenvalue weighted by Crippen LogP contribution is 2.27. The second kappa shape index (κ2) is 5.43. The van der Waals surface area contributed by atoms with Gasteiger partial charge in [0.1, 0.15) is 23.2 Å². The number of hydrogen-bond acceptors (Lipinski definition) is 2. The average Bonchev–Trinajstić information content (AvgIpc) is 2.67. The molecule has 0 fully saturated rings. The summed E-state index contributed by atoms with van der Waals surface area (Å²) in [5.74, 6) is 1.89. The summed E-state index contributed by atoms with van der Waals surface area (Å²) in [6.45, 7) is 7.21. The Bertz CT molecular complexity index is 556. The maximum atomic E-state index is 13.0. The molecule has 0 radical (unpaired) electrons. The third-order valence-corrected chi connectivity index (χ3v) is 3.07. The lowest BCUT2D eigenvalue weighted by molar-refractivity contribution is 0.513. The van der Waals surface area contributed by atoms with E-state index in [4.69, 9.17) is 5.73 Å². The number of nitrogens with zero attached hydrogens (tertiary/aromatic N) is 2. The van der Waals surface area contributed by atoms with E-state index in [1.54, 1.807) is 12.1 Å². The van der Waals surface area contributed by atoms with Crippen molar-refractivity contribution in [1.29, 1.82) is 0 Å². The summed E-state index contributed by atoms with van der Waals surface area (Å²) in [5, 5.41) is 0. The fourth-order valence-corrected chi connectivity index (χ4v) is 2.17. The number of nitrogens with two attached hydrogens (primary N) is 1. The first-order chi connectivity index (χ1) is 9.02. The summed E-state index contributed by atoms with van der Waals surface area (Å²) in [5.41, 5.74) is 7.81. The van der Waals surface area contributed by atoms with Crippen molar-refractivity contribution in [3.05, 3.63) is 35.9 Å². The summed E-state index contributed by atoms with van der Waals surface area (Å²) in [7, 11) is 0. The Morgan fingerprint density at radius 1 is 1.26 bits per heavy atom. The van der Waals surface area contributed by atoms with Gasteiger partial charge in [-0.1, -0.05) is 20.8 Å². The Hall–Kier alpha value is -1.84. The molecule has 0 amide bonds. The highest BCUT2D eigenvalue weighted by molar-refractivity contribution is 5.71. The molecule has 0 aliphatic rings. The number of anilines is 1. The van der Waals surface area contributed by atoms with Crippen molar-refractivity contribution in [2.45, 2.75) is 33.7 Å². The lowest BCUT2D eigenvalue weighted by atomic mass is 10.1. The van der Waals surface area contributed by atoms with Crippen molar-refractivity contribution < 1.29 is 4.39 Å². The number of imidazole rings is 1. The fraction of sp³-hybridized carbons (Fsp3) is 0.400. The highest BCUT2D eigenvalue weighted by Gasteiger charge is 2.15. The van der Waals surface area contributed by atoms with Gasteiger partial charge in [-0.3, -0.25) is 0 Å². The molecule has 1 aromatic heterocycles. The van der Waals surface area contributed by atoms with Crippen LogP contribution < -0.4 is 5.73 Å². The van der Waals surface area contributed by atoms with Gasteiger partial charge in [-0.2, -0.15) is 0 Å². The third kappa shape index (κ3) is 2.78. The number of aromatic nitrogens is 2. The van der Waals surface area contributed by atoms with Crippen LogP contribution >= 0.6 is 0 Å². The van der Waals surface area contributed by atoms with Crippen LogP contribution in [0, 0.1) is 11.7 Å². The summed E-state index contributed by atoms with van der Waals surface area (Å²) in [6, 6.07) is 6.30. The van der Waals surface area contributed by atoms with Gasteiger partial charge in [-0.05, 0) is 30.2 Å². The molecule has 0 unspecified atom stereocenters. The van der Waals surface area contributed by atoms with Crippen LogP contribution in [0.1, 0.15) is 26.6 Å². The van der Waals surface area contributed by atoms with Gasteiger partial charge >= 0.3 is 0 Å². The molecule has 0 spiro atoms. The van der Waals surface area contributed by atoms with Gasteiger partial charge in [-0.15, -0.1) is 0 Å². The van der Waals surface area contributed by atoms with E-state index in [0.717, 1.165) is 30.0 Å². The monoisotopic (exact) mass is 261 g/mol. The van der Waals surface area contributed by atoms with Crippen molar-refractivity contribution in [2.24, 2.45) is 5.92 Å². The van der Waals surface area contributed by atoms with Gasteiger partial charge in [0.15, 0.2) is 0 Å². The third-order valence-electron chi connectivity index (χ3n) is 3.07. The standard InChI is InChI=1S/C15H20FN3/c1-4-13-18-14(11-5-7-12(16)8-6-11)15(17)19(13)9-10(2)3/h5-8,10H,4,9,17H2,1-3H3. The molecular weight excluding hydrogens is 241 g/mol. The number of benzene rings is 1. The number of rotatable bonds is 4. The minimum atomic E-state index is -0.250. The van der Waals surface area contributed by atoms with E-state index in [1.807, 2.05) is 0 Å². The van der Waals surface area contributed by atoms with Crippen molar-refractivity contribution in [1.82, 2.24) is 9.55 Å². The van der Waals surface area contributed by atoms with Crippen LogP contribution in [0.2, 0.25) is 0 Å². The van der Waals surface area contributed by atoms with E-state index >= 15 is 0 Å². The molecule has 2 aromatic rings. The molecule has 0 bridgehead atoms. The summed E-state index contributed by atoms with van der Waals surface area (Å²) < 4.78 is 15.0. The number of aryl methyl sites for hydroxylation is 1. The summed E-state index contributed by atoms with van der Waals surface area (Å²) in [4.78, 5) is 4.60. The van der Waals surface area contributed by atoms with Crippen LogP contribution in [0.5, 0.6) is 0 Å². The summed E-state index contributed by atoms with van der Waals surface area (Å²) in [6.07, 6.45) is 0.831. The van der Waals surface area contributed by atoms with Crippen LogP contribution in [0.3, 0.4) is 0 Å². The average molecular weight is 261 g/mol. The number of hydrogen-bond donors (Lipinski definition) is 1. The van der Waals surface area contributed by atoms with E-state index in [2.05, 4.69) is 30.3 Å². The number of nitrogen functional groups attached to an aromatic ring is 1. The van der Waals surface area contributed by atoms with Gasteiger partial charge in [0.25, 0.3) is 0 Å². The molecule has 2 N–H and O–H groups in total. The predicted molar refractivity (Wildman–Crippen MR) is 76.2 cm³/mol. The molecule has 0 aliphatic heterocycles. The number of halogens is 1. The van der Waals surface area contributed by atoms with Crippen LogP contribution in [-0.2, 0) is 13.0 Å². The zero-order valence-corrected chi connectivity index (χ0v) is 11.7. The molecule has 0 saturated carbocycles. The minimum absolute atomic E-state index is 0.250. The molecule has 0 aliphatic carbocycles. The quantitative estimate of drug-likeness (QED) is 0.915. The molecule has 2 rings (SSSR count). The van der Waals surface area contributed by atoms with Crippen molar-refractivity contribution in [3.63, 3.8) is 0 Å². The smallest absolute Gasteiger partial charge is 0.131 e.